The van der Waals surface area contributed by atoms with Crippen molar-refractivity contribution in [2.45, 2.75) is 79.2 Å². The molecular formula is C25H45N3O2S. The van der Waals surface area contributed by atoms with E-state index in [-0.39, 0.29) is 5.41 Å². The molecule has 1 aromatic carbocycles. The zero-order valence-corrected chi connectivity index (χ0v) is 22.0. The van der Waals surface area contributed by atoms with E-state index >= 15 is 0 Å². The van der Waals surface area contributed by atoms with Gasteiger partial charge in [0.1, 0.15) is 5.82 Å². The molecule has 0 aliphatic rings. The molecule has 0 N–H and O–H groups in total. The number of fused-ring (bicyclic) bond motifs is 1. The van der Waals surface area contributed by atoms with E-state index < -0.39 is 0 Å². The summed E-state index contributed by atoms with van der Waals surface area (Å²) in [5.74, 6) is 2.10. The molecule has 2 aromatic rings. The predicted octanol–water partition coefficient (Wildman–Crippen LogP) is 6.69. The van der Waals surface area contributed by atoms with Crippen molar-refractivity contribution in [3.05, 3.63) is 24.0 Å². The van der Waals surface area contributed by atoms with Gasteiger partial charge < -0.3 is 18.3 Å². The van der Waals surface area contributed by atoms with E-state index in [0.717, 1.165) is 49.9 Å². The van der Waals surface area contributed by atoms with E-state index in [1.54, 1.807) is 19.1 Å². The van der Waals surface area contributed by atoms with Crippen LogP contribution >= 0.6 is 11.9 Å². The van der Waals surface area contributed by atoms with Crippen molar-refractivity contribution >= 4 is 28.7 Å². The number of unbranched alkanes of at least 4 members (excludes halogenated alkanes) is 2. The van der Waals surface area contributed by atoms with Gasteiger partial charge in [0.15, 0.2) is 0 Å². The van der Waals surface area contributed by atoms with Crippen LogP contribution in [0.1, 0.15) is 73.1 Å². The molecule has 5 nitrogen and oxygen atoms in total. The van der Waals surface area contributed by atoms with Gasteiger partial charge in [-0.05, 0) is 49.9 Å². The van der Waals surface area contributed by atoms with Gasteiger partial charge in [-0.3, -0.25) is 0 Å². The molecule has 0 radical (unpaired) electrons. The van der Waals surface area contributed by atoms with Crippen LogP contribution in [0.2, 0.25) is 0 Å². The fourth-order valence-electron chi connectivity index (χ4n) is 3.24. The van der Waals surface area contributed by atoms with Crippen LogP contribution in [-0.2, 0) is 21.4 Å². The molecule has 0 saturated heterocycles. The average Bonchev–Trinajstić information content (AvgIpc) is 3.12. The summed E-state index contributed by atoms with van der Waals surface area (Å²) in [5.41, 5.74) is 3.51. The lowest BCUT2D eigenvalue weighted by atomic mass is 9.96. The molecule has 0 saturated carbocycles. The number of rotatable bonds is 12. The summed E-state index contributed by atoms with van der Waals surface area (Å²) in [6.45, 7) is 16.8. The van der Waals surface area contributed by atoms with Gasteiger partial charge in [0, 0.05) is 50.8 Å². The summed E-state index contributed by atoms with van der Waals surface area (Å²) < 4.78 is 14.9. The van der Waals surface area contributed by atoms with Crippen LogP contribution in [-0.4, -0.2) is 49.3 Å². The predicted molar refractivity (Wildman–Crippen MR) is 137 cm³/mol. The highest BCUT2D eigenvalue weighted by atomic mass is 32.2. The van der Waals surface area contributed by atoms with Gasteiger partial charge in [-0.25, -0.2) is 4.98 Å². The summed E-state index contributed by atoms with van der Waals surface area (Å²) in [5, 5.41) is 0. The Hall–Kier alpha value is -1.24. The first-order chi connectivity index (χ1) is 14.8. The number of aryl methyl sites for hydroxylation is 1. The molecule has 0 atom stereocenters. The fraction of sp³-hybridized carbons (Fsp3) is 0.720. The van der Waals surface area contributed by atoms with E-state index in [0.29, 0.717) is 0 Å². The number of aromatic nitrogens is 2. The van der Waals surface area contributed by atoms with Crippen LogP contribution < -0.4 is 4.31 Å². The maximum Gasteiger partial charge on any atom is 0.115 e. The van der Waals surface area contributed by atoms with Crippen LogP contribution in [0.15, 0.2) is 18.2 Å². The maximum atomic E-state index is 5.28. The molecule has 0 fully saturated rings. The first-order valence-electron chi connectivity index (χ1n) is 11.7. The van der Waals surface area contributed by atoms with Crippen molar-refractivity contribution in [3.8, 4) is 0 Å². The van der Waals surface area contributed by atoms with Crippen molar-refractivity contribution in [1.29, 1.82) is 0 Å². The van der Waals surface area contributed by atoms with Crippen molar-refractivity contribution in [2.75, 3.05) is 44.0 Å². The van der Waals surface area contributed by atoms with E-state index in [4.69, 9.17) is 14.5 Å². The summed E-state index contributed by atoms with van der Waals surface area (Å²) >= 11 is 1.76. The number of nitrogens with zero attached hydrogens (tertiary/aromatic N) is 3. The molecular weight excluding hydrogens is 406 g/mol. The zero-order valence-electron chi connectivity index (χ0n) is 21.2. The molecule has 0 spiro atoms. The van der Waals surface area contributed by atoms with Crippen LogP contribution in [0.25, 0.3) is 11.0 Å². The maximum absolute atomic E-state index is 5.28. The quantitative estimate of drug-likeness (QED) is 0.266. The molecule has 0 amide bonds. The Bertz CT molecular complexity index is 734. The van der Waals surface area contributed by atoms with E-state index in [1.807, 2.05) is 0 Å². The van der Waals surface area contributed by atoms with Crippen molar-refractivity contribution in [3.63, 3.8) is 0 Å². The van der Waals surface area contributed by atoms with E-state index in [2.05, 4.69) is 75.7 Å². The van der Waals surface area contributed by atoms with Crippen molar-refractivity contribution in [2.24, 2.45) is 0 Å². The number of hydrogen-bond acceptors (Lipinski definition) is 5. The molecule has 1 aromatic heterocycles. The number of methoxy groups -OCH3 is 1. The van der Waals surface area contributed by atoms with Gasteiger partial charge in [0.25, 0.3) is 0 Å². The lowest BCUT2D eigenvalue weighted by Gasteiger charge is -2.19. The third kappa shape index (κ3) is 9.42. The Morgan fingerprint density at radius 2 is 1.77 bits per heavy atom. The Morgan fingerprint density at radius 1 is 1.03 bits per heavy atom. The van der Waals surface area contributed by atoms with Gasteiger partial charge >= 0.3 is 0 Å². The fourth-order valence-corrected chi connectivity index (χ4v) is 4.02. The minimum Gasteiger partial charge on any atom is -0.384 e. The molecule has 178 valence electrons. The zero-order chi connectivity index (χ0) is 23.3. The Morgan fingerprint density at radius 3 is 2.35 bits per heavy atom. The summed E-state index contributed by atoms with van der Waals surface area (Å²) in [4.78, 5) is 4.90. The molecule has 2 rings (SSSR count). The third-order valence-corrected chi connectivity index (χ3v) is 5.84. The molecule has 0 aliphatic heterocycles. The van der Waals surface area contributed by atoms with Gasteiger partial charge in [-0.1, -0.05) is 47.5 Å². The normalized spacial score (nSPS) is 11.5. The van der Waals surface area contributed by atoms with E-state index in [1.165, 1.54) is 30.5 Å². The number of imidazole rings is 1. The van der Waals surface area contributed by atoms with Crippen molar-refractivity contribution < 1.29 is 9.47 Å². The number of benzene rings is 1. The van der Waals surface area contributed by atoms with Crippen LogP contribution in [0.5, 0.6) is 0 Å². The second-order valence-electron chi connectivity index (χ2n) is 8.75. The summed E-state index contributed by atoms with van der Waals surface area (Å²) in [6.07, 6.45) is 4.97. The lowest BCUT2D eigenvalue weighted by Crippen LogP contribution is -2.18. The van der Waals surface area contributed by atoms with Gasteiger partial charge in [0.2, 0.25) is 0 Å². The number of hydrogen-bond donors (Lipinski definition) is 0. The highest BCUT2D eigenvalue weighted by Crippen LogP contribution is 2.30. The minimum absolute atomic E-state index is 0.0499. The average molecular weight is 452 g/mol. The highest BCUT2D eigenvalue weighted by molar-refractivity contribution is 8.00. The monoisotopic (exact) mass is 451 g/mol. The van der Waals surface area contributed by atoms with Gasteiger partial charge in [-0.15, -0.1) is 0 Å². The van der Waals surface area contributed by atoms with E-state index in [9.17, 15) is 0 Å². The van der Waals surface area contributed by atoms with Crippen LogP contribution in [0.4, 0.5) is 5.69 Å². The second kappa shape index (κ2) is 14.8. The largest absolute Gasteiger partial charge is 0.384 e. The summed E-state index contributed by atoms with van der Waals surface area (Å²) in [6, 6.07) is 6.53. The molecule has 0 unspecified atom stereocenters. The number of anilines is 1. The molecule has 31 heavy (non-hydrogen) atoms. The lowest BCUT2D eigenvalue weighted by molar-refractivity contribution is 0.131. The Kier molecular flexibility index (Phi) is 13.2. The third-order valence-electron chi connectivity index (χ3n) is 4.90. The Labute approximate surface area is 195 Å². The van der Waals surface area contributed by atoms with Crippen LogP contribution in [0.3, 0.4) is 0 Å². The van der Waals surface area contributed by atoms with Gasteiger partial charge in [-0.2, -0.15) is 0 Å². The highest BCUT2D eigenvalue weighted by Gasteiger charge is 2.22. The molecule has 0 aliphatic carbocycles. The topological polar surface area (TPSA) is 39.5 Å². The molecule has 0 bridgehead atoms. The molecule has 6 heteroatoms. The van der Waals surface area contributed by atoms with Crippen molar-refractivity contribution in [1.82, 2.24) is 9.55 Å². The summed E-state index contributed by atoms with van der Waals surface area (Å²) in [7, 11) is 3.82. The smallest absolute Gasteiger partial charge is 0.115 e. The Balaban J connectivity index is 0.000000452. The van der Waals surface area contributed by atoms with Gasteiger partial charge in [0.05, 0.1) is 17.6 Å². The SMILES string of the molecule is CCCCCOCCC.CCn1c(C(C)(C)C)nc2cc(N(C)SCCOC)ccc21. The number of ether oxygens (including phenoxy) is 2. The minimum atomic E-state index is 0.0499. The standard InChI is InChI=1S/C17H27N3OS.C8H18O/c1-7-20-15-9-8-13(19(5)22-11-10-21-6)12-14(15)18-16(20)17(2,3)4;1-3-5-6-8-9-7-4-2/h8-9,12H,7,10-11H2,1-6H3;3-8H2,1-2H3. The second-order valence-corrected chi connectivity index (χ2v) is 9.96. The van der Waals surface area contributed by atoms with Crippen LogP contribution in [0, 0.1) is 0 Å². The first-order valence-corrected chi connectivity index (χ1v) is 12.7. The first kappa shape index (κ1) is 27.8. The molecule has 1 heterocycles.